The molecule has 3 heterocycles. The zero-order valence-electron chi connectivity index (χ0n) is 43.0. The van der Waals surface area contributed by atoms with Crippen LogP contribution in [0.1, 0.15) is 42.4 Å². The predicted molar refractivity (Wildman–Crippen MR) is 266 cm³/mol. The van der Waals surface area contributed by atoms with Gasteiger partial charge >= 0.3 is 16.1 Å². The van der Waals surface area contributed by atoms with E-state index in [1.54, 1.807) is 11.3 Å². The second-order valence-corrected chi connectivity index (χ2v) is 19.3. The molecule has 4 N–H and O–H groups in total. The molecule has 2 aliphatic rings. The molecule has 2 aromatic rings. The van der Waals surface area contributed by atoms with E-state index < -0.39 is 56.4 Å². The van der Waals surface area contributed by atoms with Crippen LogP contribution in [0.25, 0.3) is 6.08 Å². The predicted octanol–water partition coefficient (Wildman–Crippen LogP) is 3.04. The molecule has 1 saturated heterocycles. The average Bonchev–Trinajstić information content (AvgIpc) is 3.69. The van der Waals surface area contributed by atoms with Crippen molar-refractivity contribution in [2.45, 2.75) is 43.9 Å². The first-order valence-corrected chi connectivity index (χ1v) is 27.2. The summed E-state index contributed by atoms with van der Waals surface area (Å²) >= 11 is 1.56. The third-order valence-corrected chi connectivity index (χ3v) is 12.7. The van der Waals surface area contributed by atoms with Gasteiger partial charge in [0.15, 0.2) is 16.5 Å². The lowest BCUT2D eigenvalue weighted by Gasteiger charge is -2.39. The smallest absolute Gasteiger partial charge is 0.313 e. The maximum absolute atomic E-state index is 14.0. The number of hydrogen-bond acceptors (Lipinski definition) is 21. The number of esters is 1. The van der Waals surface area contributed by atoms with Crippen molar-refractivity contribution < 1.29 is 107 Å². The molecule has 4 rings (SSSR count). The number of benzene rings is 1. The van der Waals surface area contributed by atoms with Crippen LogP contribution in [-0.4, -0.2) is 217 Å². The van der Waals surface area contributed by atoms with Crippen LogP contribution in [0, 0.1) is 29.2 Å². The van der Waals surface area contributed by atoms with E-state index in [-0.39, 0.29) is 64.5 Å². The van der Waals surface area contributed by atoms with Crippen molar-refractivity contribution in [1.29, 1.82) is 0 Å². The standard InChI is InChI=1S/C48H70F4N4O19S2/c1-2-5-56(74-9-6-57)48(60)35-29-38-37(54-39(53)30-35)31-36(76-38)28-34-32-55(33-34)40(58)3-7-64-10-12-66-14-16-68-18-20-70-22-24-72-26-27-73-25-23-71-21-19-69-17-15-67-13-11-65-8-4-41(59)75-46-42(49)44(51)47(77(61,62)63)45(52)43(46)50/h29,31,34,57H,2-28,30,32-33H2,1H3,(H2,53,54)(H,61,62,63). The Balaban J connectivity index is 0.839. The van der Waals surface area contributed by atoms with Crippen LogP contribution in [0.15, 0.2) is 21.5 Å². The van der Waals surface area contributed by atoms with E-state index in [9.17, 15) is 40.4 Å². The summed E-state index contributed by atoms with van der Waals surface area (Å²) in [6, 6.07) is 2.00. The van der Waals surface area contributed by atoms with Crippen LogP contribution in [-0.2, 0) is 83.1 Å². The molecular formula is C48H70F4N4O19S2. The molecule has 0 saturated carbocycles. The largest absolute Gasteiger partial charge is 0.420 e. The second kappa shape index (κ2) is 36.8. The first-order valence-electron chi connectivity index (χ1n) is 25.0. The van der Waals surface area contributed by atoms with Gasteiger partial charge in [-0.2, -0.15) is 17.2 Å². The SMILES string of the molecule is CCCN(OCCO)C(=O)C1=Cc2sc(CC3CN(C(=O)CCOCCOCCOCCOCCOCCOCCOCCOCCOCCOCCC(=O)Oc4c(F)c(F)c(S(=O)(=O)O)c(F)c4F)C3)cc2N=C(N)C1. The van der Waals surface area contributed by atoms with Gasteiger partial charge in [0.2, 0.25) is 23.3 Å². The van der Waals surface area contributed by atoms with Crippen molar-refractivity contribution in [3.8, 4) is 5.75 Å². The monoisotopic (exact) mass is 1150 g/mol. The number of aliphatic hydroxyl groups excluding tert-OH is 1. The molecule has 77 heavy (non-hydrogen) atoms. The lowest BCUT2D eigenvalue weighted by Crippen LogP contribution is -2.50. The lowest BCUT2D eigenvalue weighted by molar-refractivity contribution is -0.185. The van der Waals surface area contributed by atoms with Crippen molar-refractivity contribution in [2.24, 2.45) is 16.6 Å². The molecule has 0 radical (unpaired) electrons. The summed E-state index contributed by atoms with van der Waals surface area (Å²) < 4.78 is 145. The maximum Gasteiger partial charge on any atom is 0.313 e. The van der Waals surface area contributed by atoms with Gasteiger partial charge < -0.3 is 67.8 Å². The van der Waals surface area contributed by atoms with Crippen LogP contribution in [0.4, 0.5) is 23.2 Å². The fourth-order valence-corrected chi connectivity index (χ4v) is 8.84. The quantitative estimate of drug-likeness (QED) is 0.0164. The number of likely N-dealkylation sites (tertiary alicyclic amines) is 1. The Hall–Kier alpha value is -4.31. The molecule has 0 unspecified atom stereocenters. The van der Waals surface area contributed by atoms with E-state index >= 15 is 0 Å². The van der Waals surface area contributed by atoms with Gasteiger partial charge in [-0.1, -0.05) is 6.92 Å². The van der Waals surface area contributed by atoms with Crippen molar-refractivity contribution >= 4 is 56.8 Å². The molecule has 436 valence electrons. The minimum absolute atomic E-state index is 0.0174. The van der Waals surface area contributed by atoms with Crippen molar-refractivity contribution in [1.82, 2.24) is 9.96 Å². The molecule has 1 aromatic carbocycles. The zero-order valence-corrected chi connectivity index (χ0v) is 44.7. The van der Waals surface area contributed by atoms with Gasteiger partial charge in [-0.25, -0.2) is 18.8 Å². The second-order valence-electron chi connectivity index (χ2n) is 16.7. The molecule has 0 aliphatic carbocycles. The number of nitrogens with zero attached hydrogens (tertiary/aromatic N) is 3. The van der Waals surface area contributed by atoms with Gasteiger partial charge in [-0.15, -0.1) is 11.3 Å². The van der Waals surface area contributed by atoms with Crippen LogP contribution < -0.4 is 10.5 Å². The van der Waals surface area contributed by atoms with Gasteiger partial charge in [0.05, 0.1) is 169 Å². The van der Waals surface area contributed by atoms with E-state index in [2.05, 4.69) is 9.73 Å². The number of hydroxylamine groups is 2. The van der Waals surface area contributed by atoms with E-state index in [1.165, 1.54) is 5.06 Å². The summed E-state index contributed by atoms with van der Waals surface area (Å²) in [5.41, 5.74) is 7.38. The number of fused-ring (bicyclic) bond motifs is 1. The fourth-order valence-electron chi connectivity index (χ4n) is 7.03. The third-order valence-electron chi connectivity index (χ3n) is 10.7. The summed E-state index contributed by atoms with van der Waals surface area (Å²) in [7, 11) is -5.65. The van der Waals surface area contributed by atoms with Crippen LogP contribution in [0.2, 0.25) is 0 Å². The molecule has 0 bridgehead atoms. The first kappa shape index (κ1) is 65.2. The van der Waals surface area contributed by atoms with Crippen molar-refractivity contribution in [2.75, 3.05) is 165 Å². The van der Waals surface area contributed by atoms with Gasteiger partial charge in [-0.05, 0) is 30.9 Å². The highest BCUT2D eigenvalue weighted by Crippen LogP contribution is 2.37. The highest BCUT2D eigenvalue weighted by molar-refractivity contribution is 7.85. The molecular weight excluding hydrogens is 1080 g/mol. The number of rotatable bonds is 43. The lowest BCUT2D eigenvalue weighted by atomic mass is 9.95. The van der Waals surface area contributed by atoms with Crippen molar-refractivity contribution in [3.63, 3.8) is 0 Å². The topological polar surface area (TPSA) is 281 Å². The Labute approximate surface area is 448 Å². The van der Waals surface area contributed by atoms with E-state index in [1.807, 2.05) is 24.0 Å². The number of amidine groups is 1. The number of halogens is 4. The normalized spacial score (nSPS) is 13.8. The molecule has 1 fully saturated rings. The summed E-state index contributed by atoms with van der Waals surface area (Å²) in [5.74, 6) is -12.3. The minimum atomic E-state index is -5.65. The first-order chi connectivity index (χ1) is 37.1. The number of carbonyl (C=O) groups excluding carboxylic acids is 3. The Kier molecular flexibility index (Phi) is 31.1. The number of hydrogen-bond donors (Lipinski definition) is 3. The van der Waals surface area contributed by atoms with Crippen LogP contribution in [0.3, 0.4) is 0 Å². The number of aliphatic imine (C=N–C) groups is 1. The van der Waals surface area contributed by atoms with E-state index in [0.717, 1.165) is 21.9 Å². The number of carbonyl (C=O) groups is 3. The summed E-state index contributed by atoms with van der Waals surface area (Å²) in [4.78, 5) is 49.3. The highest BCUT2D eigenvalue weighted by Gasteiger charge is 2.35. The fraction of sp³-hybridized carbons (Fsp3) is 0.667. The number of ether oxygens (including phenoxy) is 11. The summed E-state index contributed by atoms with van der Waals surface area (Å²) in [6.07, 6.45) is 3.22. The zero-order chi connectivity index (χ0) is 55.8. The molecule has 0 spiro atoms. The minimum Gasteiger partial charge on any atom is -0.420 e. The van der Waals surface area contributed by atoms with Gasteiger partial charge in [0, 0.05) is 36.5 Å². The summed E-state index contributed by atoms with van der Waals surface area (Å²) in [5, 5.41) is 10.4. The average molecular weight is 1150 g/mol. The Morgan fingerprint density at radius 3 is 1.57 bits per heavy atom. The maximum atomic E-state index is 14.0. The van der Waals surface area contributed by atoms with E-state index in [0.29, 0.717) is 149 Å². The molecule has 2 aliphatic heterocycles. The van der Waals surface area contributed by atoms with Crippen molar-refractivity contribution in [3.05, 3.63) is 44.7 Å². The Morgan fingerprint density at radius 2 is 1.14 bits per heavy atom. The molecule has 23 nitrogen and oxygen atoms in total. The van der Waals surface area contributed by atoms with Crippen LogP contribution >= 0.6 is 11.3 Å². The Bertz CT molecular complexity index is 2260. The molecule has 29 heteroatoms. The van der Waals surface area contributed by atoms with Crippen LogP contribution in [0.5, 0.6) is 5.75 Å². The Morgan fingerprint density at radius 1 is 0.701 bits per heavy atom. The number of aliphatic hydroxyl groups is 1. The number of thiophene rings is 1. The molecule has 0 atom stereocenters. The molecule has 2 amide bonds. The highest BCUT2D eigenvalue weighted by atomic mass is 32.2. The number of amides is 2. The number of nitrogens with two attached hydrogens (primary N) is 1. The third kappa shape index (κ3) is 24.3. The van der Waals surface area contributed by atoms with Gasteiger partial charge in [-0.3, -0.25) is 23.8 Å². The van der Waals surface area contributed by atoms with Gasteiger partial charge in [0.1, 0.15) is 5.84 Å². The molecule has 1 aromatic heterocycles. The van der Waals surface area contributed by atoms with E-state index in [4.69, 9.17) is 67.6 Å². The summed E-state index contributed by atoms with van der Waals surface area (Å²) in [6.45, 7) is 9.44. The van der Waals surface area contributed by atoms with Gasteiger partial charge in [0.25, 0.3) is 5.91 Å².